The van der Waals surface area contributed by atoms with E-state index in [9.17, 15) is 4.79 Å². The molecule has 2 aromatic heterocycles. The van der Waals surface area contributed by atoms with Gasteiger partial charge in [0.05, 0.1) is 30.6 Å². The second-order valence-corrected chi connectivity index (χ2v) is 5.02. The second-order valence-electron chi connectivity index (χ2n) is 5.02. The minimum absolute atomic E-state index is 0.0616. The predicted octanol–water partition coefficient (Wildman–Crippen LogP) is 1.48. The Morgan fingerprint density at radius 1 is 1.57 bits per heavy atom. The standard InChI is InChI=1S/C14H18N4O3/c1-3-10-13(9(2)21-17-10)14(19)18-6-7-20-8-12(18)11-4-5-15-16-11/h4-5,12H,3,6-8H2,1-2H3,(H,15,16)/t12-/m0/s1. The van der Waals surface area contributed by atoms with Crippen LogP contribution in [0.5, 0.6) is 0 Å². The van der Waals surface area contributed by atoms with Crippen LogP contribution < -0.4 is 0 Å². The maximum Gasteiger partial charge on any atom is 0.260 e. The minimum Gasteiger partial charge on any atom is -0.377 e. The summed E-state index contributed by atoms with van der Waals surface area (Å²) in [6.07, 6.45) is 2.34. The van der Waals surface area contributed by atoms with Crippen molar-refractivity contribution in [3.05, 3.63) is 35.0 Å². The molecule has 1 amide bonds. The van der Waals surface area contributed by atoms with Crippen LogP contribution in [0.3, 0.4) is 0 Å². The third-order valence-corrected chi connectivity index (χ3v) is 3.75. The van der Waals surface area contributed by atoms with Gasteiger partial charge >= 0.3 is 0 Å². The van der Waals surface area contributed by atoms with Gasteiger partial charge in [-0.2, -0.15) is 5.10 Å². The highest BCUT2D eigenvalue weighted by atomic mass is 16.5. The van der Waals surface area contributed by atoms with Crippen LogP contribution in [0.25, 0.3) is 0 Å². The van der Waals surface area contributed by atoms with Gasteiger partial charge in [0, 0.05) is 12.7 Å². The summed E-state index contributed by atoms with van der Waals surface area (Å²) in [5, 5.41) is 10.8. The molecule has 1 saturated heterocycles. The van der Waals surface area contributed by atoms with Gasteiger partial charge in [0.15, 0.2) is 0 Å². The van der Waals surface area contributed by atoms with Crippen molar-refractivity contribution < 1.29 is 14.1 Å². The summed E-state index contributed by atoms with van der Waals surface area (Å²) >= 11 is 0. The maximum absolute atomic E-state index is 12.9. The number of ether oxygens (including phenoxy) is 1. The van der Waals surface area contributed by atoms with Crippen LogP contribution in [-0.4, -0.2) is 45.9 Å². The fourth-order valence-corrected chi connectivity index (χ4v) is 2.63. The molecule has 2 aromatic rings. The van der Waals surface area contributed by atoms with Crippen molar-refractivity contribution in [2.24, 2.45) is 0 Å². The first-order chi connectivity index (χ1) is 10.2. The largest absolute Gasteiger partial charge is 0.377 e. The number of amides is 1. The van der Waals surface area contributed by atoms with Gasteiger partial charge in [-0.1, -0.05) is 12.1 Å². The van der Waals surface area contributed by atoms with E-state index in [1.54, 1.807) is 18.0 Å². The molecule has 0 aliphatic carbocycles. The molecule has 0 saturated carbocycles. The highest BCUT2D eigenvalue weighted by Crippen LogP contribution is 2.26. The first-order valence-electron chi connectivity index (χ1n) is 7.05. The zero-order chi connectivity index (χ0) is 14.8. The van der Waals surface area contributed by atoms with E-state index in [4.69, 9.17) is 9.26 Å². The van der Waals surface area contributed by atoms with Gasteiger partial charge in [0.25, 0.3) is 5.91 Å². The van der Waals surface area contributed by atoms with Crippen molar-refractivity contribution in [3.8, 4) is 0 Å². The predicted molar refractivity (Wildman–Crippen MR) is 73.8 cm³/mol. The molecular formula is C14H18N4O3. The number of aromatic nitrogens is 3. The fourth-order valence-electron chi connectivity index (χ4n) is 2.63. The van der Waals surface area contributed by atoms with E-state index in [0.29, 0.717) is 43.2 Å². The number of hydrogen-bond donors (Lipinski definition) is 1. The van der Waals surface area contributed by atoms with Crippen LogP contribution in [0.2, 0.25) is 0 Å². The van der Waals surface area contributed by atoms with Crippen LogP contribution in [0.15, 0.2) is 16.8 Å². The average molecular weight is 290 g/mol. The summed E-state index contributed by atoms with van der Waals surface area (Å²) in [5.74, 6) is 0.500. The lowest BCUT2D eigenvalue weighted by molar-refractivity contribution is -0.00405. The van der Waals surface area contributed by atoms with E-state index < -0.39 is 0 Å². The molecule has 0 aromatic carbocycles. The molecule has 0 spiro atoms. The van der Waals surface area contributed by atoms with Gasteiger partial charge in [-0.15, -0.1) is 0 Å². The van der Waals surface area contributed by atoms with Crippen LogP contribution in [0.1, 0.15) is 40.5 Å². The van der Waals surface area contributed by atoms with E-state index in [1.165, 1.54) is 0 Å². The molecule has 1 aliphatic heterocycles. The lowest BCUT2D eigenvalue weighted by atomic mass is 10.1. The van der Waals surface area contributed by atoms with E-state index in [2.05, 4.69) is 15.4 Å². The van der Waals surface area contributed by atoms with Gasteiger partial charge in [-0.05, 0) is 19.4 Å². The molecule has 3 rings (SSSR count). The number of carbonyl (C=O) groups is 1. The summed E-state index contributed by atoms with van der Waals surface area (Å²) < 4.78 is 10.7. The van der Waals surface area contributed by atoms with E-state index >= 15 is 0 Å². The molecule has 21 heavy (non-hydrogen) atoms. The summed E-state index contributed by atoms with van der Waals surface area (Å²) in [5.41, 5.74) is 2.14. The number of aromatic amines is 1. The van der Waals surface area contributed by atoms with Gasteiger partial charge in [0.1, 0.15) is 11.3 Å². The van der Waals surface area contributed by atoms with Crippen LogP contribution in [0, 0.1) is 6.92 Å². The third kappa shape index (κ3) is 2.44. The topological polar surface area (TPSA) is 84.2 Å². The van der Waals surface area contributed by atoms with Gasteiger partial charge < -0.3 is 14.2 Å². The smallest absolute Gasteiger partial charge is 0.260 e. The molecule has 1 fully saturated rings. The Bertz CT molecular complexity index is 620. The zero-order valence-electron chi connectivity index (χ0n) is 12.1. The van der Waals surface area contributed by atoms with E-state index in [-0.39, 0.29) is 11.9 Å². The minimum atomic E-state index is -0.159. The summed E-state index contributed by atoms with van der Waals surface area (Å²) in [7, 11) is 0. The Hall–Kier alpha value is -2.15. The molecule has 7 heteroatoms. The van der Waals surface area contributed by atoms with Crippen LogP contribution >= 0.6 is 0 Å². The Kier molecular flexibility index (Phi) is 3.74. The molecular weight excluding hydrogens is 272 g/mol. The molecule has 112 valence electrons. The molecule has 0 radical (unpaired) electrons. The normalized spacial score (nSPS) is 19.0. The Morgan fingerprint density at radius 3 is 3.14 bits per heavy atom. The lowest BCUT2D eigenvalue weighted by Gasteiger charge is -2.34. The highest BCUT2D eigenvalue weighted by Gasteiger charge is 2.33. The van der Waals surface area contributed by atoms with Crippen LogP contribution in [0.4, 0.5) is 0 Å². The lowest BCUT2D eigenvalue weighted by Crippen LogP contribution is -2.44. The van der Waals surface area contributed by atoms with Crippen molar-refractivity contribution >= 4 is 5.91 Å². The maximum atomic E-state index is 12.9. The number of nitrogens with one attached hydrogen (secondary N) is 1. The van der Waals surface area contributed by atoms with Crippen molar-refractivity contribution in [2.75, 3.05) is 19.8 Å². The van der Waals surface area contributed by atoms with E-state index in [0.717, 1.165) is 5.69 Å². The molecule has 3 heterocycles. The SMILES string of the molecule is CCc1noc(C)c1C(=O)N1CCOC[C@H]1c1ccn[nH]1. The summed E-state index contributed by atoms with van der Waals surface area (Å²) in [6.45, 7) is 5.25. The molecule has 1 atom stereocenters. The number of H-pyrrole nitrogens is 1. The Morgan fingerprint density at radius 2 is 2.43 bits per heavy atom. The monoisotopic (exact) mass is 290 g/mol. The molecule has 1 N–H and O–H groups in total. The fraction of sp³-hybridized carbons (Fsp3) is 0.500. The first-order valence-corrected chi connectivity index (χ1v) is 7.05. The number of morpholine rings is 1. The summed E-state index contributed by atoms with van der Waals surface area (Å²) in [6, 6.07) is 1.70. The van der Waals surface area contributed by atoms with Crippen LogP contribution in [-0.2, 0) is 11.2 Å². The Balaban J connectivity index is 1.93. The number of aryl methyl sites for hydroxylation is 2. The average Bonchev–Trinajstić information content (AvgIpc) is 3.16. The van der Waals surface area contributed by atoms with Crippen molar-refractivity contribution in [3.63, 3.8) is 0 Å². The first kappa shape index (κ1) is 13.8. The molecule has 1 aliphatic rings. The van der Waals surface area contributed by atoms with Gasteiger partial charge in [0.2, 0.25) is 0 Å². The number of rotatable bonds is 3. The van der Waals surface area contributed by atoms with Crippen molar-refractivity contribution in [1.29, 1.82) is 0 Å². The second kappa shape index (κ2) is 5.69. The molecule has 7 nitrogen and oxygen atoms in total. The number of hydrogen-bond acceptors (Lipinski definition) is 5. The highest BCUT2D eigenvalue weighted by molar-refractivity contribution is 5.96. The number of nitrogens with zero attached hydrogens (tertiary/aromatic N) is 3. The quantitative estimate of drug-likeness (QED) is 0.925. The third-order valence-electron chi connectivity index (χ3n) is 3.75. The molecule has 0 unspecified atom stereocenters. The Labute approximate surface area is 122 Å². The summed E-state index contributed by atoms with van der Waals surface area (Å²) in [4.78, 5) is 14.7. The zero-order valence-corrected chi connectivity index (χ0v) is 12.1. The van der Waals surface area contributed by atoms with Gasteiger partial charge in [-0.3, -0.25) is 9.89 Å². The number of carbonyl (C=O) groups excluding carboxylic acids is 1. The van der Waals surface area contributed by atoms with Crippen molar-refractivity contribution in [2.45, 2.75) is 26.3 Å². The van der Waals surface area contributed by atoms with E-state index in [1.807, 2.05) is 13.0 Å². The van der Waals surface area contributed by atoms with Gasteiger partial charge in [-0.25, -0.2) is 0 Å². The molecule has 0 bridgehead atoms. The van der Waals surface area contributed by atoms with Crippen molar-refractivity contribution in [1.82, 2.24) is 20.3 Å².